The summed E-state index contributed by atoms with van der Waals surface area (Å²) in [6, 6.07) is 6.90. The molecule has 6 heteroatoms. The lowest BCUT2D eigenvalue weighted by molar-refractivity contribution is 0.595. The molecule has 17 heavy (non-hydrogen) atoms. The first-order valence-electron chi connectivity index (χ1n) is 5.24. The van der Waals surface area contributed by atoms with Crippen LogP contribution >= 0.6 is 11.8 Å². The van der Waals surface area contributed by atoms with Gasteiger partial charge in [-0.05, 0) is 18.4 Å². The summed E-state index contributed by atoms with van der Waals surface area (Å²) in [4.78, 5) is 4.65. The highest BCUT2D eigenvalue weighted by atomic mass is 32.2. The molecule has 0 radical (unpaired) electrons. The van der Waals surface area contributed by atoms with Crippen molar-refractivity contribution in [2.24, 2.45) is 4.99 Å². The Morgan fingerprint density at radius 2 is 2.12 bits per heavy atom. The summed E-state index contributed by atoms with van der Waals surface area (Å²) in [5, 5.41) is 0.375. The highest BCUT2D eigenvalue weighted by molar-refractivity contribution is 7.99. The zero-order valence-corrected chi connectivity index (χ0v) is 11.3. The van der Waals surface area contributed by atoms with E-state index in [0.29, 0.717) is 28.1 Å². The van der Waals surface area contributed by atoms with Crippen LogP contribution in [-0.4, -0.2) is 32.3 Å². The van der Waals surface area contributed by atoms with Crippen molar-refractivity contribution in [1.82, 2.24) is 4.72 Å². The third kappa shape index (κ3) is 2.47. The smallest absolute Gasteiger partial charge is 0.263 e. The number of aliphatic imine (C=N–C) groups is 1. The van der Waals surface area contributed by atoms with Crippen molar-refractivity contribution in [2.75, 3.05) is 12.8 Å². The number of nitrogens with one attached hydrogen (secondary N) is 1. The van der Waals surface area contributed by atoms with Crippen LogP contribution < -0.4 is 4.72 Å². The van der Waals surface area contributed by atoms with Gasteiger partial charge in [0, 0.05) is 10.8 Å². The van der Waals surface area contributed by atoms with Crippen molar-refractivity contribution in [2.45, 2.75) is 17.1 Å². The lowest BCUT2D eigenvalue weighted by atomic mass is 10.2. The fourth-order valence-electron chi connectivity index (χ4n) is 1.55. The van der Waals surface area contributed by atoms with Gasteiger partial charge in [-0.15, -0.1) is 0 Å². The second kappa shape index (κ2) is 4.70. The third-order valence-corrected chi connectivity index (χ3v) is 4.92. The molecule has 1 aromatic carbocycles. The molecule has 1 aliphatic heterocycles. The van der Waals surface area contributed by atoms with Gasteiger partial charge in [-0.3, -0.25) is 9.71 Å². The highest BCUT2D eigenvalue weighted by Crippen LogP contribution is 2.22. The Morgan fingerprint density at radius 1 is 1.41 bits per heavy atom. The van der Waals surface area contributed by atoms with Crippen molar-refractivity contribution >= 4 is 27.6 Å². The highest BCUT2D eigenvalue weighted by Gasteiger charge is 2.29. The molecular formula is C11H14N2O2S2. The molecule has 0 aromatic heterocycles. The Bertz CT molecular complexity index is 552. The molecule has 0 saturated heterocycles. The van der Waals surface area contributed by atoms with Gasteiger partial charge in [-0.1, -0.05) is 19.1 Å². The Balaban J connectivity index is 2.35. The van der Waals surface area contributed by atoms with Crippen LogP contribution in [0.3, 0.4) is 0 Å². The lowest BCUT2D eigenvalue weighted by Gasteiger charge is -2.04. The number of benzene rings is 1. The first-order chi connectivity index (χ1) is 8.04. The summed E-state index contributed by atoms with van der Waals surface area (Å²) < 4.78 is 26.0. The molecule has 1 N–H and O–H groups in total. The van der Waals surface area contributed by atoms with Crippen LogP contribution in [0.25, 0.3) is 0 Å². The summed E-state index contributed by atoms with van der Waals surface area (Å²) in [6.45, 7) is 2.66. The maximum absolute atomic E-state index is 11.8. The molecule has 4 nitrogen and oxygen atoms in total. The normalized spacial score (nSPS) is 20.9. The summed E-state index contributed by atoms with van der Waals surface area (Å²) in [6.07, 6.45) is 2.01. The van der Waals surface area contributed by atoms with Gasteiger partial charge in [-0.2, -0.15) is 11.8 Å². The van der Waals surface area contributed by atoms with Gasteiger partial charge in [0.15, 0.2) is 0 Å². The number of rotatable bonds is 3. The number of amidine groups is 1. The fourth-order valence-corrected chi connectivity index (χ4v) is 3.02. The van der Waals surface area contributed by atoms with E-state index in [1.54, 1.807) is 30.0 Å². The third-order valence-electron chi connectivity index (χ3n) is 2.57. The quantitative estimate of drug-likeness (QED) is 0.905. The van der Waals surface area contributed by atoms with E-state index < -0.39 is 10.0 Å². The van der Waals surface area contributed by atoms with E-state index in [9.17, 15) is 8.42 Å². The average Bonchev–Trinajstić information content (AvgIpc) is 2.59. The molecule has 0 spiro atoms. The average molecular weight is 270 g/mol. The maximum atomic E-state index is 11.8. The van der Waals surface area contributed by atoms with Crippen molar-refractivity contribution < 1.29 is 8.42 Å². The molecule has 1 atom stereocenters. The van der Waals surface area contributed by atoms with Crippen LogP contribution in [0.5, 0.6) is 0 Å². The first kappa shape index (κ1) is 12.4. The van der Waals surface area contributed by atoms with E-state index in [1.807, 2.05) is 12.3 Å². The molecule has 2 rings (SSSR count). The van der Waals surface area contributed by atoms with E-state index in [1.165, 1.54) is 0 Å². The topological polar surface area (TPSA) is 58.5 Å². The summed E-state index contributed by atoms with van der Waals surface area (Å²) in [5.74, 6) is 0.460. The number of nitrogens with zero attached hydrogens (tertiary/aromatic N) is 1. The molecule has 0 bridgehead atoms. The van der Waals surface area contributed by atoms with Gasteiger partial charge in [0.05, 0.1) is 11.4 Å². The Kier molecular flexibility index (Phi) is 3.44. The SMILES string of the molecule is CSC(C)CN=C1NS(=O)(=O)c2ccccc21. The van der Waals surface area contributed by atoms with E-state index in [-0.39, 0.29) is 0 Å². The predicted octanol–water partition coefficient (Wildman–Crippen LogP) is 1.48. The van der Waals surface area contributed by atoms with Crippen LogP contribution in [0, 0.1) is 0 Å². The van der Waals surface area contributed by atoms with Crippen LogP contribution in [-0.2, 0) is 10.0 Å². The largest absolute Gasteiger partial charge is 0.266 e. The fraction of sp³-hybridized carbons (Fsp3) is 0.364. The van der Waals surface area contributed by atoms with E-state index in [0.717, 1.165) is 0 Å². The molecule has 1 heterocycles. The summed E-state index contributed by atoms with van der Waals surface area (Å²) in [7, 11) is -3.40. The molecule has 1 aromatic rings. The first-order valence-corrected chi connectivity index (χ1v) is 8.01. The second-order valence-electron chi connectivity index (χ2n) is 3.84. The van der Waals surface area contributed by atoms with Gasteiger partial charge in [0.25, 0.3) is 10.0 Å². The minimum absolute atomic E-state index is 0.315. The van der Waals surface area contributed by atoms with Gasteiger partial charge >= 0.3 is 0 Å². The van der Waals surface area contributed by atoms with Crippen molar-refractivity contribution in [3.05, 3.63) is 29.8 Å². The Hall–Kier alpha value is -1.01. The lowest BCUT2D eigenvalue weighted by Crippen LogP contribution is -2.23. The number of sulfonamides is 1. The summed E-state index contributed by atoms with van der Waals surface area (Å²) >= 11 is 1.71. The van der Waals surface area contributed by atoms with Crippen molar-refractivity contribution in [1.29, 1.82) is 0 Å². The molecule has 1 aliphatic rings. The predicted molar refractivity (Wildman–Crippen MR) is 71.1 cm³/mol. The number of fused-ring (bicyclic) bond motifs is 1. The van der Waals surface area contributed by atoms with E-state index in [4.69, 9.17) is 0 Å². The number of hydrogen-bond acceptors (Lipinski definition) is 4. The molecular weight excluding hydrogens is 256 g/mol. The van der Waals surface area contributed by atoms with E-state index in [2.05, 4.69) is 16.6 Å². The minimum atomic E-state index is -3.40. The van der Waals surface area contributed by atoms with Crippen LogP contribution in [0.1, 0.15) is 12.5 Å². The van der Waals surface area contributed by atoms with Crippen LogP contribution in [0.2, 0.25) is 0 Å². The Morgan fingerprint density at radius 3 is 2.82 bits per heavy atom. The number of hydrogen-bond donors (Lipinski definition) is 1. The zero-order valence-electron chi connectivity index (χ0n) is 9.67. The van der Waals surface area contributed by atoms with Crippen molar-refractivity contribution in [3.8, 4) is 0 Å². The minimum Gasteiger partial charge on any atom is -0.266 e. The summed E-state index contributed by atoms with van der Waals surface area (Å²) in [5.41, 5.74) is 0.667. The zero-order chi connectivity index (χ0) is 12.5. The molecule has 0 fully saturated rings. The van der Waals surface area contributed by atoms with Crippen molar-refractivity contribution in [3.63, 3.8) is 0 Å². The number of thioether (sulfide) groups is 1. The van der Waals surface area contributed by atoms with Gasteiger partial charge in [0.2, 0.25) is 0 Å². The monoisotopic (exact) mass is 270 g/mol. The van der Waals surface area contributed by atoms with Gasteiger partial charge in [-0.25, -0.2) is 8.42 Å². The standard InChI is InChI=1S/C11H14N2O2S2/c1-8(16-2)7-12-11-9-5-3-4-6-10(9)17(14,15)13-11/h3-6,8H,7H2,1-2H3,(H,12,13). The molecule has 1 unspecified atom stereocenters. The van der Waals surface area contributed by atoms with Gasteiger partial charge < -0.3 is 0 Å². The van der Waals surface area contributed by atoms with Crippen LogP contribution in [0.4, 0.5) is 0 Å². The molecule has 0 amide bonds. The Labute approximate surface area is 106 Å². The van der Waals surface area contributed by atoms with Crippen LogP contribution in [0.15, 0.2) is 34.2 Å². The molecule has 92 valence electrons. The van der Waals surface area contributed by atoms with E-state index >= 15 is 0 Å². The molecule has 0 saturated carbocycles. The maximum Gasteiger partial charge on any atom is 0.263 e. The van der Waals surface area contributed by atoms with Gasteiger partial charge in [0.1, 0.15) is 5.84 Å². The molecule has 0 aliphatic carbocycles. The second-order valence-corrected chi connectivity index (χ2v) is 6.76.